The van der Waals surface area contributed by atoms with Crippen molar-refractivity contribution in [2.45, 2.75) is 43.6 Å². The third-order valence-corrected chi connectivity index (χ3v) is 3.82. The zero-order chi connectivity index (χ0) is 12.9. The van der Waals surface area contributed by atoms with Crippen LogP contribution in [-0.2, 0) is 5.41 Å². The molecule has 1 aromatic carbocycles. The highest BCUT2D eigenvalue weighted by molar-refractivity contribution is 7.99. The van der Waals surface area contributed by atoms with Crippen LogP contribution < -0.4 is 5.73 Å². The molecule has 0 aromatic heterocycles. The Hall–Kier alpha value is -0.510. The number of nitrogens with two attached hydrogens (primary N) is 1. The fraction of sp³-hybridized carbons (Fsp3) is 0.571. The van der Waals surface area contributed by atoms with Crippen LogP contribution >= 0.6 is 11.8 Å². The maximum Gasteiger partial charge on any atom is 0.0646 e. The van der Waals surface area contributed by atoms with Gasteiger partial charge in [-0.2, -0.15) is 0 Å². The van der Waals surface area contributed by atoms with E-state index in [1.165, 1.54) is 10.5 Å². The molecule has 0 spiro atoms. The summed E-state index contributed by atoms with van der Waals surface area (Å²) in [6.07, 6.45) is 0.375. The van der Waals surface area contributed by atoms with Crippen molar-refractivity contribution in [3.8, 4) is 0 Å². The minimum Gasteiger partial charge on any atom is -0.392 e. The molecule has 2 nitrogen and oxygen atoms in total. The van der Waals surface area contributed by atoms with Crippen molar-refractivity contribution in [1.29, 1.82) is 0 Å². The Morgan fingerprint density at radius 3 is 2.29 bits per heavy atom. The van der Waals surface area contributed by atoms with Crippen LogP contribution in [0.4, 0.5) is 0 Å². The van der Waals surface area contributed by atoms with Crippen molar-refractivity contribution in [3.05, 3.63) is 29.8 Å². The van der Waals surface area contributed by atoms with E-state index < -0.39 is 0 Å². The van der Waals surface area contributed by atoms with Gasteiger partial charge in [-0.25, -0.2) is 0 Å². The summed E-state index contributed by atoms with van der Waals surface area (Å²) in [7, 11) is 0. The van der Waals surface area contributed by atoms with Gasteiger partial charge in [0, 0.05) is 10.6 Å². The molecule has 96 valence electrons. The van der Waals surface area contributed by atoms with E-state index in [9.17, 15) is 5.11 Å². The van der Waals surface area contributed by atoms with Gasteiger partial charge in [0.2, 0.25) is 0 Å². The van der Waals surface area contributed by atoms with E-state index in [0.29, 0.717) is 18.7 Å². The van der Waals surface area contributed by atoms with Crippen LogP contribution in [-0.4, -0.2) is 23.5 Å². The number of hydrogen-bond acceptors (Lipinski definition) is 3. The second-order valence-electron chi connectivity index (χ2n) is 5.32. The van der Waals surface area contributed by atoms with Gasteiger partial charge in [-0.3, -0.25) is 0 Å². The zero-order valence-corrected chi connectivity index (χ0v) is 11.8. The lowest BCUT2D eigenvalue weighted by Crippen LogP contribution is -2.15. The summed E-state index contributed by atoms with van der Waals surface area (Å²) < 4.78 is 0. The van der Waals surface area contributed by atoms with E-state index in [1.807, 2.05) is 0 Å². The summed E-state index contributed by atoms with van der Waals surface area (Å²) in [4.78, 5) is 1.20. The molecular weight excluding hydrogens is 230 g/mol. The fourth-order valence-electron chi connectivity index (χ4n) is 1.52. The van der Waals surface area contributed by atoms with E-state index in [2.05, 4.69) is 45.0 Å². The van der Waals surface area contributed by atoms with Crippen LogP contribution in [0.1, 0.15) is 32.8 Å². The van der Waals surface area contributed by atoms with Crippen molar-refractivity contribution < 1.29 is 5.11 Å². The Morgan fingerprint density at radius 1 is 1.24 bits per heavy atom. The molecule has 17 heavy (non-hydrogen) atoms. The Morgan fingerprint density at radius 2 is 1.82 bits per heavy atom. The third kappa shape index (κ3) is 5.11. The smallest absolute Gasteiger partial charge is 0.0646 e. The highest BCUT2D eigenvalue weighted by atomic mass is 32.2. The number of aliphatic hydroxyl groups excluding tert-OH is 1. The van der Waals surface area contributed by atoms with E-state index in [-0.39, 0.29) is 11.5 Å². The van der Waals surface area contributed by atoms with Gasteiger partial charge in [0.25, 0.3) is 0 Å². The summed E-state index contributed by atoms with van der Waals surface area (Å²) >= 11 is 1.68. The van der Waals surface area contributed by atoms with Gasteiger partial charge in [-0.1, -0.05) is 32.9 Å². The molecule has 3 N–H and O–H groups in total. The number of rotatable bonds is 5. The van der Waals surface area contributed by atoms with E-state index >= 15 is 0 Å². The molecule has 3 heteroatoms. The molecule has 1 rings (SSSR count). The molecule has 0 aliphatic carbocycles. The Bertz CT molecular complexity index is 329. The molecular formula is C14H23NOS. The molecule has 0 saturated heterocycles. The predicted octanol–water partition coefficient (Wildman–Crippen LogP) is 2.79. The maximum atomic E-state index is 9.59. The van der Waals surface area contributed by atoms with Gasteiger partial charge in [0.05, 0.1) is 6.10 Å². The monoisotopic (exact) mass is 253 g/mol. The largest absolute Gasteiger partial charge is 0.392 e. The van der Waals surface area contributed by atoms with Gasteiger partial charge >= 0.3 is 0 Å². The van der Waals surface area contributed by atoms with Crippen LogP contribution in [0.3, 0.4) is 0 Å². The van der Waals surface area contributed by atoms with Gasteiger partial charge in [0.1, 0.15) is 0 Å². The molecule has 0 radical (unpaired) electrons. The fourth-order valence-corrected chi connectivity index (χ4v) is 2.40. The van der Waals surface area contributed by atoms with Crippen molar-refractivity contribution in [3.63, 3.8) is 0 Å². The number of aliphatic hydroxyl groups is 1. The highest BCUT2D eigenvalue weighted by Gasteiger charge is 2.13. The molecule has 0 amide bonds. The standard InChI is InChI=1S/C14H23NOS/c1-14(2,3)11-4-6-13(7-5-11)17-10-12(16)8-9-15/h4-7,12,16H,8-10,15H2,1-3H3. The maximum absolute atomic E-state index is 9.59. The summed E-state index contributed by atoms with van der Waals surface area (Å²) in [5.74, 6) is 0.714. The first-order valence-electron chi connectivity index (χ1n) is 6.05. The minimum atomic E-state index is -0.299. The lowest BCUT2D eigenvalue weighted by atomic mass is 9.87. The first-order valence-corrected chi connectivity index (χ1v) is 7.03. The van der Waals surface area contributed by atoms with Crippen molar-refractivity contribution in [2.24, 2.45) is 5.73 Å². The molecule has 0 heterocycles. The topological polar surface area (TPSA) is 46.2 Å². The Labute approximate surface area is 109 Å². The quantitative estimate of drug-likeness (QED) is 0.793. The van der Waals surface area contributed by atoms with E-state index in [1.54, 1.807) is 11.8 Å². The van der Waals surface area contributed by atoms with Crippen molar-refractivity contribution >= 4 is 11.8 Å². The Kier molecular flexibility index (Phi) is 5.50. The lowest BCUT2D eigenvalue weighted by molar-refractivity contribution is 0.192. The molecule has 1 atom stereocenters. The highest BCUT2D eigenvalue weighted by Crippen LogP contribution is 2.26. The Balaban J connectivity index is 2.51. The molecule has 1 aromatic rings. The number of benzene rings is 1. The van der Waals surface area contributed by atoms with Crippen LogP contribution in [0, 0.1) is 0 Å². The van der Waals surface area contributed by atoms with Gasteiger partial charge < -0.3 is 10.8 Å². The number of hydrogen-bond donors (Lipinski definition) is 2. The van der Waals surface area contributed by atoms with Crippen molar-refractivity contribution in [1.82, 2.24) is 0 Å². The molecule has 0 saturated carbocycles. The summed E-state index contributed by atoms with van der Waals surface area (Å²) in [6.45, 7) is 7.17. The van der Waals surface area contributed by atoms with E-state index in [0.717, 1.165) is 0 Å². The molecule has 0 aliphatic rings. The predicted molar refractivity (Wildman–Crippen MR) is 75.5 cm³/mol. The average Bonchev–Trinajstić information content (AvgIpc) is 2.26. The van der Waals surface area contributed by atoms with Gasteiger partial charge in [-0.05, 0) is 36.1 Å². The first-order chi connectivity index (χ1) is 7.93. The average molecular weight is 253 g/mol. The summed E-state index contributed by atoms with van der Waals surface area (Å²) in [6, 6.07) is 8.58. The molecule has 0 fully saturated rings. The third-order valence-electron chi connectivity index (χ3n) is 2.66. The molecule has 0 bridgehead atoms. The van der Waals surface area contributed by atoms with Crippen molar-refractivity contribution in [2.75, 3.05) is 12.3 Å². The van der Waals surface area contributed by atoms with Crippen LogP contribution in [0.25, 0.3) is 0 Å². The second kappa shape index (κ2) is 6.43. The normalized spacial score (nSPS) is 13.7. The van der Waals surface area contributed by atoms with Gasteiger partial charge in [-0.15, -0.1) is 11.8 Å². The first kappa shape index (κ1) is 14.6. The SMILES string of the molecule is CC(C)(C)c1ccc(SCC(O)CCN)cc1. The molecule has 0 aliphatic heterocycles. The van der Waals surface area contributed by atoms with Crippen LogP contribution in [0.5, 0.6) is 0 Å². The number of thioether (sulfide) groups is 1. The van der Waals surface area contributed by atoms with Crippen LogP contribution in [0.2, 0.25) is 0 Å². The molecule has 1 unspecified atom stereocenters. The lowest BCUT2D eigenvalue weighted by Gasteiger charge is -2.19. The zero-order valence-electron chi connectivity index (χ0n) is 10.9. The van der Waals surface area contributed by atoms with Crippen LogP contribution in [0.15, 0.2) is 29.2 Å². The summed E-state index contributed by atoms with van der Waals surface area (Å²) in [5.41, 5.74) is 6.93. The minimum absolute atomic E-state index is 0.197. The van der Waals surface area contributed by atoms with Gasteiger partial charge in [0.15, 0.2) is 0 Å². The van der Waals surface area contributed by atoms with E-state index in [4.69, 9.17) is 5.73 Å². The summed E-state index contributed by atoms with van der Waals surface area (Å²) in [5, 5.41) is 9.59. The second-order valence-corrected chi connectivity index (χ2v) is 6.41.